The summed E-state index contributed by atoms with van der Waals surface area (Å²) in [4.78, 5) is 15.8. The third-order valence-corrected chi connectivity index (χ3v) is 2.57. The van der Waals surface area contributed by atoms with Gasteiger partial charge in [-0.05, 0) is 30.3 Å². The van der Waals surface area contributed by atoms with Gasteiger partial charge >= 0.3 is 0 Å². The molecule has 80 valence electrons. The van der Waals surface area contributed by atoms with Gasteiger partial charge in [-0.3, -0.25) is 9.78 Å². The topological polar surface area (TPSA) is 30.0 Å². The van der Waals surface area contributed by atoms with Gasteiger partial charge in [0.2, 0.25) is 5.78 Å². The highest BCUT2D eigenvalue weighted by Gasteiger charge is 2.14. The fourth-order valence-corrected chi connectivity index (χ4v) is 1.64. The minimum atomic E-state index is -0.551. The number of carbonyl (C=O) groups is 1. The summed E-state index contributed by atoms with van der Waals surface area (Å²) < 4.78 is 14.1. The second-order valence-electron chi connectivity index (χ2n) is 3.17. The van der Waals surface area contributed by atoms with Crippen molar-refractivity contribution < 1.29 is 9.18 Å². The molecule has 0 radical (unpaired) electrons. The Labute approximate surface area is 100 Å². The van der Waals surface area contributed by atoms with Crippen LogP contribution in [0.4, 0.5) is 4.39 Å². The molecular weight excluding hydrogens is 273 g/mol. The van der Waals surface area contributed by atoms with E-state index in [1.54, 1.807) is 24.3 Å². The first-order chi connectivity index (χ1) is 7.68. The molecule has 2 aromatic rings. The summed E-state index contributed by atoms with van der Waals surface area (Å²) in [7, 11) is 0. The maximum Gasteiger partial charge on any atom is 0.214 e. The van der Waals surface area contributed by atoms with E-state index < -0.39 is 11.6 Å². The molecular formula is C12H7BrFNO. The largest absolute Gasteiger partial charge is 0.287 e. The Morgan fingerprint density at radius 3 is 2.69 bits per heavy atom. The lowest BCUT2D eigenvalue weighted by atomic mass is 10.1. The van der Waals surface area contributed by atoms with Crippen molar-refractivity contribution in [2.24, 2.45) is 0 Å². The van der Waals surface area contributed by atoms with E-state index in [0.29, 0.717) is 4.47 Å². The minimum Gasteiger partial charge on any atom is -0.287 e. The lowest BCUT2D eigenvalue weighted by molar-refractivity contribution is 0.103. The van der Waals surface area contributed by atoms with Crippen LogP contribution in [0, 0.1) is 5.82 Å². The lowest BCUT2D eigenvalue weighted by Gasteiger charge is -2.02. The van der Waals surface area contributed by atoms with E-state index in [9.17, 15) is 9.18 Å². The molecule has 0 aliphatic carbocycles. The summed E-state index contributed by atoms with van der Waals surface area (Å²) in [5, 5.41) is 0. The summed E-state index contributed by atoms with van der Waals surface area (Å²) in [6.07, 6.45) is 1.50. The van der Waals surface area contributed by atoms with Crippen LogP contribution in [0.3, 0.4) is 0 Å². The van der Waals surface area contributed by atoms with E-state index >= 15 is 0 Å². The van der Waals surface area contributed by atoms with Crippen molar-refractivity contribution in [1.82, 2.24) is 4.98 Å². The SMILES string of the molecule is O=C(c1ccccn1)c1ccc(Br)cc1F. The van der Waals surface area contributed by atoms with Gasteiger partial charge in [0.05, 0.1) is 5.56 Å². The maximum absolute atomic E-state index is 13.5. The molecule has 1 heterocycles. The number of nitrogens with zero attached hydrogens (tertiary/aromatic N) is 1. The Morgan fingerprint density at radius 2 is 2.06 bits per heavy atom. The van der Waals surface area contributed by atoms with Gasteiger partial charge in [-0.2, -0.15) is 0 Å². The first kappa shape index (κ1) is 11.0. The number of carbonyl (C=O) groups excluding carboxylic acids is 1. The van der Waals surface area contributed by atoms with Gasteiger partial charge < -0.3 is 0 Å². The molecule has 0 spiro atoms. The fourth-order valence-electron chi connectivity index (χ4n) is 1.31. The van der Waals surface area contributed by atoms with E-state index in [2.05, 4.69) is 20.9 Å². The van der Waals surface area contributed by atoms with Crippen molar-refractivity contribution in [1.29, 1.82) is 0 Å². The molecule has 16 heavy (non-hydrogen) atoms. The normalized spacial score (nSPS) is 10.1. The highest BCUT2D eigenvalue weighted by molar-refractivity contribution is 9.10. The molecule has 0 saturated carbocycles. The molecule has 0 fully saturated rings. The van der Waals surface area contributed by atoms with Gasteiger partial charge in [-0.15, -0.1) is 0 Å². The number of pyridine rings is 1. The van der Waals surface area contributed by atoms with Crippen LogP contribution in [0.25, 0.3) is 0 Å². The average Bonchev–Trinajstić information content (AvgIpc) is 2.29. The Balaban J connectivity index is 2.42. The van der Waals surface area contributed by atoms with Crippen molar-refractivity contribution >= 4 is 21.7 Å². The number of benzene rings is 1. The number of halogens is 2. The Hall–Kier alpha value is -1.55. The fraction of sp³-hybridized carbons (Fsp3) is 0. The Morgan fingerprint density at radius 1 is 1.25 bits per heavy atom. The molecule has 0 N–H and O–H groups in total. The summed E-state index contributed by atoms with van der Waals surface area (Å²) in [6, 6.07) is 9.28. The van der Waals surface area contributed by atoms with Gasteiger partial charge in [-0.25, -0.2) is 4.39 Å². The quantitative estimate of drug-likeness (QED) is 0.790. The molecule has 0 aliphatic rings. The van der Waals surface area contributed by atoms with Crippen LogP contribution >= 0.6 is 15.9 Å². The van der Waals surface area contributed by atoms with Crippen molar-refractivity contribution in [3.05, 3.63) is 64.1 Å². The molecule has 0 saturated heterocycles. The maximum atomic E-state index is 13.5. The first-order valence-electron chi connectivity index (χ1n) is 4.59. The van der Waals surface area contributed by atoms with E-state index in [0.717, 1.165) is 0 Å². The highest BCUT2D eigenvalue weighted by atomic mass is 79.9. The van der Waals surface area contributed by atoms with Gasteiger partial charge in [0.1, 0.15) is 11.5 Å². The summed E-state index contributed by atoms with van der Waals surface area (Å²) in [5.74, 6) is -0.962. The Kier molecular flexibility index (Phi) is 3.10. The van der Waals surface area contributed by atoms with Crippen molar-refractivity contribution in [2.45, 2.75) is 0 Å². The predicted octanol–water partition coefficient (Wildman–Crippen LogP) is 3.21. The summed E-state index contributed by atoms with van der Waals surface area (Å²) >= 11 is 3.13. The Bertz CT molecular complexity index is 528. The van der Waals surface area contributed by atoms with Crippen LogP contribution in [-0.4, -0.2) is 10.8 Å². The zero-order valence-corrected chi connectivity index (χ0v) is 9.74. The van der Waals surface area contributed by atoms with E-state index in [1.165, 1.54) is 18.3 Å². The zero-order valence-electron chi connectivity index (χ0n) is 8.15. The van der Waals surface area contributed by atoms with E-state index in [4.69, 9.17) is 0 Å². The lowest BCUT2D eigenvalue weighted by Crippen LogP contribution is -2.05. The molecule has 4 heteroatoms. The standard InChI is InChI=1S/C12H7BrFNO/c13-8-4-5-9(10(14)7-8)12(16)11-3-1-2-6-15-11/h1-7H. The van der Waals surface area contributed by atoms with Crippen molar-refractivity contribution in [2.75, 3.05) is 0 Å². The van der Waals surface area contributed by atoms with Crippen LogP contribution in [0.1, 0.15) is 16.1 Å². The predicted molar refractivity (Wildman–Crippen MR) is 61.8 cm³/mol. The van der Waals surface area contributed by atoms with Gasteiger partial charge in [0.25, 0.3) is 0 Å². The minimum absolute atomic E-state index is 0.0295. The van der Waals surface area contributed by atoms with Crippen molar-refractivity contribution in [3.63, 3.8) is 0 Å². The number of hydrogen-bond acceptors (Lipinski definition) is 2. The van der Waals surface area contributed by atoms with Crippen LogP contribution < -0.4 is 0 Å². The van der Waals surface area contributed by atoms with Crippen LogP contribution in [0.5, 0.6) is 0 Å². The van der Waals surface area contributed by atoms with Gasteiger partial charge in [0, 0.05) is 10.7 Å². The smallest absolute Gasteiger partial charge is 0.214 e. The first-order valence-corrected chi connectivity index (χ1v) is 5.38. The second kappa shape index (κ2) is 4.53. The van der Waals surface area contributed by atoms with E-state index in [-0.39, 0.29) is 11.3 Å². The molecule has 1 aromatic carbocycles. The summed E-state index contributed by atoms with van der Waals surface area (Å²) in [6.45, 7) is 0. The second-order valence-corrected chi connectivity index (χ2v) is 4.08. The molecule has 2 rings (SSSR count). The van der Waals surface area contributed by atoms with Crippen LogP contribution in [-0.2, 0) is 0 Å². The molecule has 0 bridgehead atoms. The average molecular weight is 280 g/mol. The number of hydrogen-bond donors (Lipinski definition) is 0. The zero-order chi connectivity index (χ0) is 11.5. The number of rotatable bonds is 2. The van der Waals surface area contributed by atoms with Crippen molar-refractivity contribution in [3.8, 4) is 0 Å². The van der Waals surface area contributed by atoms with Crippen LogP contribution in [0.15, 0.2) is 47.1 Å². The third kappa shape index (κ3) is 2.17. The molecule has 0 unspecified atom stereocenters. The molecule has 0 atom stereocenters. The van der Waals surface area contributed by atoms with Gasteiger partial charge in [-0.1, -0.05) is 22.0 Å². The highest BCUT2D eigenvalue weighted by Crippen LogP contribution is 2.17. The molecule has 0 amide bonds. The monoisotopic (exact) mass is 279 g/mol. The third-order valence-electron chi connectivity index (χ3n) is 2.07. The van der Waals surface area contributed by atoms with Gasteiger partial charge in [0.15, 0.2) is 0 Å². The van der Waals surface area contributed by atoms with Crippen LogP contribution in [0.2, 0.25) is 0 Å². The van der Waals surface area contributed by atoms with E-state index in [1.807, 2.05) is 0 Å². The molecule has 0 aliphatic heterocycles. The summed E-state index contributed by atoms with van der Waals surface area (Å²) in [5.41, 5.74) is 0.269. The molecule has 2 nitrogen and oxygen atoms in total. The molecule has 1 aromatic heterocycles. The number of aromatic nitrogens is 1. The number of ketones is 1.